The van der Waals surface area contributed by atoms with Crippen molar-refractivity contribution in [2.24, 2.45) is 0 Å². The molecule has 1 aromatic heterocycles. The second-order valence-corrected chi connectivity index (χ2v) is 3.73. The van der Waals surface area contributed by atoms with Crippen LogP contribution in [0.25, 0.3) is 0 Å². The molecule has 8 nitrogen and oxygen atoms in total. The lowest BCUT2D eigenvalue weighted by molar-refractivity contribution is -0.386. The molecule has 0 aliphatic heterocycles. The third-order valence-corrected chi connectivity index (χ3v) is 2.25. The highest BCUT2D eigenvalue weighted by atomic mass is 16.6. The van der Waals surface area contributed by atoms with Crippen molar-refractivity contribution in [2.45, 2.75) is 13.3 Å². The second-order valence-electron chi connectivity index (χ2n) is 3.73. The highest BCUT2D eigenvalue weighted by molar-refractivity contribution is 5.87. The zero-order valence-electron chi connectivity index (χ0n) is 11.3. The Balaban J connectivity index is 2.78. The maximum atomic E-state index is 11.3. The van der Waals surface area contributed by atoms with Crippen LogP contribution < -0.4 is 4.74 Å². The maximum absolute atomic E-state index is 11.3. The number of aromatic nitrogens is 1. The Hall–Kier alpha value is -2.22. The number of ether oxygens (including phenoxy) is 3. The van der Waals surface area contributed by atoms with Crippen LogP contribution in [-0.4, -0.2) is 42.8 Å². The zero-order valence-corrected chi connectivity index (χ0v) is 11.3. The summed E-state index contributed by atoms with van der Waals surface area (Å²) in [6.45, 7) is 2.95. The van der Waals surface area contributed by atoms with Crippen LogP contribution in [0.5, 0.6) is 5.88 Å². The van der Waals surface area contributed by atoms with E-state index in [2.05, 4.69) is 9.72 Å². The Bertz CT molecular complexity index is 477. The lowest BCUT2D eigenvalue weighted by Crippen LogP contribution is -2.11. The summed E-state index contributed by atoms with van der Waals surface area (Å²) < 4.78 is 14.9. The summed E-state index contributed by atoms with van der Waals surface area (Å²) in [5, 5.41) is 10.8. The lowest BCUT2D eigenvalue weighted by Gasteiger charge is -2.07. The SMILES string of the molecule is CCCOCCOc1nc(C(=O)OC)ccc1[N+](=O)[O-]. The predicted molar refractivity (Wildman–Crippen MR) is 68.8 cm³/mol. The highest BCUT2D eigenvalue weighted by Gasteiger charge is 2.20. The van der Waals surface area contributed by atoms with E-state index in [1.54, 1.807) is 0 Å². The third kappa shape index (κ3) is 4.47. The van der Waals surface area contributed by atoms with Crippen LogP contribution in [0.15, 0.2) is 12.1 Å². The number of nitrogens with zero attached hydrogens (tertiary/aromatic N) is 2. The number of nitro groups is 1. The topological polar surface area (TPSA) is 101 Å². The minimum atomic E-state index is -0.688. The van der Waals surface area contributed by atoms with Gasteiger partial charge in [0.25, 0.3) is 5.88 Å². The average molecular weight is 284 g/mol. The molecule has 1 heterocycles. The van der Waals surface area contributed by atoms with Crippen molar-refractivity contribution in [3.63, 3.8) is 0 Å². The second kappa shape index (κ2) is 8.05. The molecule has 0 saturated heterocycles. The molecule has 0 atom stereocenters. The van der Waals surface area contributed by atoms with E-state index in [-0.39, 0.29) is 30.5 Å². The lowest BCUT2D eigenvalue weighted by atomic mass is 10.3. The zero-order chi connectivity index (χ0) is 15.0. The third-order valence-electron chi connectivity index (χ3n) is 2.25. The number of hydrogen-bond acceptors (Lipinski definition) is 7. The Morgan fingerprint density at radius 2 is 2.10 bits per heavy atom. The van der Waals surface area contributed by atoms with E-state index in [4.69, 9.17) is 9.47 Å². The van der Waals surface area contributed by atoms with E-state index >= 15 is 0 Å². The van der Waals surface area contributed by atoms with Crippen LogP contribution in [0.4, 0.5) is 5.69 Å². The van der Waals surface area contributed by atoms with Crippen molar-refractivity contribution in [1.82, 2.24) is 4.98 Å². The number of carbonyl (C=O) groups is 1. The fourth-order valence-corrected chi connectivity index (χ4v) is 1.34. The van der Waals surface area contributed by atoms with Gasteiger partial charge in [-0.1, -0.05) is 6.92 Å². The first-order valence-electron chi connectivity index (χ1n) is 6.04. The monoisotopic (exact) mass is 284 g/mol. The molecule has 0 N–H and O–H groups in total. The van der Waals surface area contributed by atoms with Crippen LogP contribution >= 0.6 is 0 Å². The maximum Gasteiger partial charge on any atom is 0.356 e. The number of hydrogen-bond donors (Lipinski definition) is 0. The molecule has 1 rings (SSSR count). The Labute approximate surface area is 115 Å². The van der Waals surface area contributed by atoms with Gasteiger partial charge in [0.2, 0.25) is 0 Å². The molecular weight excluding hydrogens is 268 g/mol. The smallest absolute Gasteiger partial charge is 0.356 e. The molecule has 0 unspecified atom stereocenters. The van der Waals surface area contributed by atoms with E-state index in [1.165, 1.54) is 13.2 Å². The van der Waals surface area contributed by atoms with Gasteiger partial charge in [0.05, 0.1) is 18.6 Å². The number of methoxy groups -OCH3 is 1. The van der Waals surface area contributed by atoms with Gasteiger partial charge in [-0.15, -0.1) is 0 Å². The molecular formula is C12H16N2O6. The predicted octanol–water partition coefficient (Wildman–Crippen LogP) is 1.58. The Morgan fingerprint density at radius 1 is 1.35 bits per heavy atom. The molecule has 0 bridgehead atoms. The van der Waals surface area contributed by atoms with E-state index < -0.39 is 10.9 Å². The Kier molecular flexibility index (Phi) is 6.38. The molecule has 0 radical (unpaired) electrons. The molecule has 0 aliphatic rings. The molecule has 8 heteroatoms. The van der Waals surface area contributed by atoms with Crippen LogP contribution in [0, 0.1) is 10.1 Å². The number of rotatable bonds is 8. The van der Waals surface area contributed by atoms with E-state index in [9.17, 15) is 14.9 Å². The van der Waals surface area contributed by atoms with E-state index in [0.29, 0.717) is 6.61 Å². The van der Waals surface area contributed by atoms with Crippen molar-refractivity contribution in [3.05, 3.63) is 27.9 Å². The minimum Gasteiger partial charge on any atom is -0.470 e. The van der Waals surface area contributed by atoms with Gasteiger partial charge in [-0.2, -0.15) is 0 Å². The van der Waals surface area contributed by atoms with Gasteiger partial charge in [-0.3, -0.25) is 10.1 Å². The van der Waals surface area contributed by atoms with Gasteiger partial charge in [-0.25, -0.2) is 9.78 Å². The van der Waals surface area contributed by atoms with Crippen molar-refractivity contribution in [1.29, 1.82) is 0 Å². The van der Waals surface area contributed by atoms with Gasteiger partial charge in [0, 0.05) is 12.7 Å². The first-order chi connectivity index (χ1) is 9.60. The molecule has 0 saturated carbocycles. The quantitative estimate of drug-likeness (QED) is 0.309. The summed E-state index contributed by atoms with van der Waals surface area (Å²) >= 11 is 0. The molecule has 0 aliphatic carbocycles. The number of esters is 1. The first-order valence-corrected chi connectivity index (χ1v) is 6.04. The molecule has 1 aromatic rings. The average Bonchev–Trinajstić information content (AvgIpc) is 2.45. The molecule has 0 amide bonds. The van der Waals surface area contributed by atoms with Gasteiger partial charge < -0.3 is 14.2 Å². The number of pyridine rings is 1. The largest absolute Gasteiger partial charge is 0.470 e. The van der Waals surface area contributed by atoms with Gasteiger partial charge in [0.1, 0.15) is 6.61 Å². The van der Waals surface area contributed by atoms with Gasteiger partial charge >= 0.3 is 11.7 Å². The highest BCUT2D eigenvalue weighted by Crippen LogP contribution is 2.24. The summed E-state index contributed by atoms with van der Waals surface area (Å²) in [6.07, 6.45) is 0.871. The van der Waals surface area contributed by atoms with Crippen LogP contribution in [0.3, 0.4) is 0 Å². The minimum absolute atomic E-state index is 0.0532. The first kappa shape index (κ1) is 15.8. The molecule has 0 aromatic carbocycles. The van der Waals surface area contributed by atoms with Gasteiger partial charge in [-0.05, 0) is 12.5 Å². The van der Waals surface area contributed by atoms with Crippen molar-refractivity contribution in [2.75, 3.05) is 26.9 Å². The van der Waals surface area contributed by atoms with Crippen molar-refractivity contribution in [3.8, 4) is 5.88 Å². The fourth-order valence-electron chi connectivity index (χ4n) is 1.34. The summed E-state index contributed by atoms with van der Waals surface area (Å²) in [6, 6.07) is 2.37. The van der Waals surface area contributed by atoms with Crippen LogP contribution in [0.1, 0.15) is 23.8 Å². The molecule has 0 spiro atoms. The molecule has 20 heavy (non-hydrogen) atoms. The summed E-state index contributed by atoms with van der Waals surface area (Å²) in [5.74, 6) is -0.912. The summed E-state index contributed by atoms with van der Waals surface area (Å²) in [5.41, 5.74) is -0.365. The van der Waals surface area contributed by atoms with E-state index in [1.807, 2.05) is 6.92 Å². The van der Waals surface area contributed by atoms with Gasteiger partial charge in [0.15, 0.2) is 5.69 Å². The fraction of sp³-hybridized carbons (Fsp3) is 0.500. The summed E-state index contributed by atoms with van der Waals surface area (Å²) in [7, 11) is 1.20. The van der Waals surface area contributed by atoms with Crippen LogP contribution in [-0.2, 0) is 9.47 Å². The van der Waals surface area contributed by atoms with Crippen molar-refractivity contribution < 1.29 is 23.9 Å². The summed E-state index contributed by atoms with van der Waals surface area (Å²) in [4.78, 5) is 25.3. The molecule has 0 fully saturated rings. The normalized spacial score (nSPS) is 10.1. The van der Waals surface area contributed by atoms with E-state index in [0.717, 1.165) is 12.5 Å². The standard InChI is InChI=1S/C12H16N2O6/c1-3-6-19-7-8-20-11-10(14(16)17)5-4-9(13-11)12(15)18-2/h4-5H,3,6-8H2,1-2H3. The number of carbonyl (C=O) groups excluding carboxylic acids is 1. The molecule has 110 valence electrons. The Morgan fingerprint density at radius 3 is 2.70 bits per heavy atom. The van der Waals surface area contributed by atoms with Crippen LogP contribution in [0.2, 0.25) is 0 Å². The van der Waals surface area contributed by atoms with Crippen molar-refractivity contribution >= 4 is 11.7 Å².